The summed E-state index contributed by atoms with van der Waals surface area (Å²) in [6.45, 7) is 9.12. The molecule has 0 aliphatic heterocycles. The molecule has 0 aliphatic carbocycles. The highest BCUT2D eigenvalue weighted by atomic mass is 15.0. The summed E-state index contributed by atoms with van der Waals surface area (Å²) in [5.41, 5.74) is 8.49. The van der Waals surface area contributed by atoms with Crippen LogP contribution in [0.3, 0.4) is 0 Å². The lowest BCUT2D eigenvalue weighted by atomic mass is 9.89. The summed E-state index contributed by atoms with van der Waals surface area (Å²) in [5, 5.41) is 9.16. The van der Waals surface area contributed by atoms with Crippen molar-refractivity contribution in [2.45, 2.75) is 45.6 Å². The number of anilines is 1. The average molecular weight is 535 g/mol. The van der Waals surface area contributed by atoms with Crippen LogP contribution in [0, 0.1) is 7.05 Å². The molecule has 204 valence electrons. The first-order chi connectivity index (χ1) is 19.9. The van der Waals surface area contributed by atoms with Gasteiger partial charge < -0.3 is 9.88 Å². The first-order valence-corrected chi connectivity index (χ1v) is 14.6. The molecule has 1 heterocycles. The van der Waals surface area contributed by atoms with Gasteiger partial charge in [0.25, 0.3) is 0 Å². The van der Waals surface area contributed by atoms with E-state index in [1.165, 1.54) is 43.9 Å². The highest BCUT2D eigenvalue weighted by molar-refractivity contribution is 6.09. The predicted molar refractivity (Wildman–Crippen MR) is 174 cm³/mol. The van der Waals surface area contributed by atoms with Gasteiger partial charge in [0.15, 0.2) is 0 Å². The Labute approximate surface area is 244 Å². The maximum absolute atomic E-state index is 4.62. The molecule has 0 fully saturated rings. The van der Waals surface area contributed by atoms with Crippen LogP contribution in [0.2, 0.25) is 0 Å². The Hall–Kier alpha value is -4.56. The van der Waals surface area contributed by atoms with Crippen LogP contribution in [0.4, 0.5) is 5.69 Å². The van der Waals surface area contributed by atoms with Gasteiger partial charge in [-0.05, 0) is 67.8 Å². The minimum Gasteiger partial charge on any atom is -0.379 e. The fourth-order valence-electron chi connectivity index (χ4n) is 6.16. The van der Waals surface area contributed by atoms with E-state index in [0.29, 0.717) is 11.8 Å². The number of rotatable bonds is 7. The highest BCUT2D eigenvalue weighted by Crippen LogP contribution is 2.40. The standard InChI is InChI=1S/C39H38N2/c1-26(2)30-21-13-22-31(27(3)4)38(30)40-39(37-24-14-23-36(41(37)5)28-15-7-6-8-16-28)35-25-29-17-9-10-18-32(29)33-19-11-12-20-34(33)35/h6-27,39-40H,5H2,1-4H3. The molecule has 2 heteroatoms. The monoisotopic (exact) mass is 534 g/mol. The number of aromatic nitrogens is 1. The average Bonchev–Trinajstić information content (AvgIpc) is 3.00. The predicted octanol–water partition coefficient (Wildman–Crippen LogP) is 10.0. The van der Waals surface area contributed by atoms with Crippen LogP contribution >= 0.6 is 0 Å². The highest BCUT2D eigenvalue weighted by Gasteiger charge is 2.25. The number of nitrogens with zero attached hydrogens (tertiary/aromatic N) is 1. The Morgan fingerprint density at radius 3 is 1.83 bits per heavy atom. The summed E-state index contributed by atoms with van der Waals surface area (Å²) in [6.07, 6.45) is 0. The second-order valence-corrected chi connectivity index (χ2v) is 11.6. The molecule has 6 rings (SSSR count). The van der Waals surface area contributed by atoms with Gasteiger partial charge in [0.2, 0.25) is 0 Å². The SMILES string of the molecule is [CH2-][n+]1c(-c2ccccc2)cccc1C(Nc1c(C(C)C)cccc1C(C)C)c1cc2ccccc2c2ccccc12. The van der Waals surface area contributed by atoms with Crippen molar-refractivity contribution in [3.63, 3.8) is 0 Å². The van der Waals surface area contributed by atoms with Crippen molar-refractivity contribution in [2.24, 2.45) is 0 Å². The van der Waals surface area contributed by atoms with E-state index >= 15 is 0 Å². The Morgan fingerprint density at radius 1 is 0.561 bits per heavy atom. The fourth-order valence-corrected chi connectivity index (χ4v) is 6.16. The first-order valence-electron chi connectivity index (χ1n) is 14.6. The van der Waals surface area contributed by atoms with Crippen molar-refractivity contribution >= 4 is 27.2 Å². The molecule has 5 aromatic carbocycles. The normalized spacial score (nSPS) is 12.3. The molecule has 0 bridgehead atoms. The van der Waals surface area contributed by atoms with Gasteiger partial charge in [-0.1, -0.05) is 137 Å². The van der Waals surface area contributed by atoms with Gasteiger partial charge >= 0.3 is 0 Å². The molecule has 2 nitrogen and oxygen atoms in total. The summed E-state index contributed by atoms with van der Waals surface area (Å²) in [7, 11) is 4.62. The number of fused-ring (bicyclic) bond motifs is 3. The second-order valence-electron chi connectivity index (χ2n) is 11.6. The molecule has 41 heavy (non-hydrogen) atoms. The van der Waals surface area contributed by atoms with E-state index in [1.807, 2.05) is 0 Å². The number of para-hydroxylation sites is 1. The van der Waals surface area contributed by atoms with E-state index in [4.69, 9.17) is 0 Å². The molecule has 0 amide bonds. The summed E-state index contributed by atoms with van der Waals surface area (Å²) >= 11 is 0. The lowest BCUT2D eigenvalue weighted by molar-refractivity contribution is -0.610. The van der Waals surface area contributed by atoms with E-state index in [2.05, 4.69) is 166 Å². The number of nitrogens with one attached hydrogen (secondary N) is 1. The zero-order valence-electron chi connectivity index (χ0n) is 24.4. The molecular formula is C39H38N2. The molecule has 0 spiro atoms. The van der Waals surface area contributed by atoms with Crippen molar-refractivity contribution in [3.05, 3.63) is 151 Å². The molecule has 6 aromatic rings. The van der Waals surface area contributed by atoms with Gasteiger partial charge in [-0.15, -0.1) is 0 Å². The third kappa shape index (κ3) is 4.95. The van der Waals surface area contributed by atoms with Crippen molar-refractivity contribution in [1.82, 2.24) is 0 Å². The second kappa shape index (κ2) is 11.1. The molecule has 1 atom stereocenters. The van der Waals surface area contributed by atoms with E-state index in [1.54, 1.807) is 0 Å². The number of hydrogen-bond donors (Lipinski definition) is 1. The number of hydrogen-bond acceptors (Lipinski definition) is 1. The van der Waals surface area contributed by atoms with Gasteiger partial charge in [0, 0.05) is 12.7 Å². The lowest BCUT2D eigenvalue weighted by Gasteiger charge is -2.29. The van der Waals surface area contributed by atoms with Gasteiger partial charge in [-0.3, -0.25) is 0 Å². The van der Waals surface area contributed by atoms with Gasteiger partial charge in [0.1, 0.15) is 11.4 Å². The summed E-state index contributed by atoms with van der Waals surface area (Å²) < 4.78 is 2.12. The van der Waals surface area contributed by atoms with Crippen molar-refractivity contribution in [2.75, 3.05) is 5.32 Å². The quantitative estimate of drug-likeness (QED) is 0.122. The lowest BCUT2D eigenvalue weighted by Crippen LogP contribution is -2.38. The third-order valence-corrected chi connectivity index (χ3v) is 8.26. The molecular weight excluding hydrogens is 496 g/mol. The Kier molecular flexibility index (Phi) is 7.24. The Bertz CT molecular complexity index is 1810. The number of benzene rings is 5. The van der Waals surface area contributed by atoms with Crippen LogP contribution in [0.1, 0.15) is 68.0 Å². The molecule has 0 radical (unpaired) electrons. The molecule has 0 saturated heterocycles. The topological polar surface area (TPSA) is 15.9 Å². The number of pyridine rings is 1. The van der Waals surface area contributed by atoms with Crippen LogP contribution < -0.4 is 9.88 Å². The molecule has 0 saturated carbocycles. The fraction of sp³-hybridized carbons (Fsp3) is 0.179. The summed E-state index contributed by atoms with van der Waals surface area (Å²) in [5.74, 6) is 0.764. The zero-order valence-corrected chi connectivity index (χ0v) is 24.4. The Morgan fingerprint density at radius 2 is 1.15 bits per heavy atom. The minimum atomic E-state index is -0.136. The molecule has 0 aliphatic rings. The first kappa shape index (κ1) is 26.7. The smallest absolute Gasteiger partial charge is 0.112 e. The van der Waals surface area contributed by atoms with E-state index in [-0.39, 0.29) is 6.04 Å². The van der Waals surface area contributed by atoms with Crippen LogP contribution in [-0.4, -0.2) is 0 Å². The van der Waals surface area contributed by atoms with Crippen LogP contribution in [-0.2, 0) is 0 Å². The minimum absolute atomic E-state index is 0.136. The molecule has 1 N–H and O–H groups in total. The van der Waals surface area contributed by atoms with E-state index < -0.39 is 0 Å². The van der Waals surface area contributed by atoms with E-state index in [0.717, 1.165) is 17.0 Å². The van der Waals surface area contributed by atoms with E-state index in [9.17, 15) is 0 Å². The maximum atomic E-state index is 4.62. The molecule has 1 aromatic heterocycles. The molecule has 1 unspecified atom stereocenters. The van der Waals surface area contributed by atoms with Crippen LogP contribution in [0.15, 0.2) is 121 Å². The van der Waals surface area contributed by atoms with Gasteiger partial charge in [-0.2, -0.15) is 0 Å². The van der Waals surface area contributed by atoms with Gasteiger partial charge in [-0.25, -0.2) is 0 Å². The Balaban J connectivity index is 1.66. The largest absolute Gasteiger partial charge is 0.379 e. The van der Waals surface area contributed by atoms with Gasteiger partial charge in [0.05, 0.1) is 6.04 Å². The zero-order chi connectivity index (χ0) is 28.5. The maximum Gasteiger partial charge on any atom is 0.112 e. The van der Waals surface area contributed by atoms with Crippen LogP contribution in [0.5, 0.6) is 0 Å². The summed E-state index contributed by atoms with van der Waals surface area (Å²) in [4.78, 5) is 0. The van der Waals surface area contributed by atoms with Crippen LogP contribution in [0.25, 0.3) is 32.8 Å². The third-order valence-electron chi connectivity index (χ3n) is 8.26. The summed E-state index contributed by atoms with van der Waals surface area (Å²) in [6, 6.07) is 43.6. The van der Waals surface area contributed by atoms with Crippen molar-refractivity contribution < 1.29 is 4.57 Å². The van der Waals surface area contributed by atoms with Crippen molar-refractivity contribution in [1.29, 1.82) is 0 Å². The van der Waals surface area contributed by atoms with Crippen molar-refractivity contribution in [3.8, 4) is 11.3 Å².